The third kappa shape index (κ3) is 4.83. The van der Waals surface area contributed by atoms with Gasteiger partial charge in [-0.3, -0.25) is 4.79 Å². The number of hydrogen-bond acceptors (Lipinski definition) is 5. The molecule has 0 radical (unpaired) electrons. The minimum atomic E-state index is -0.156. The Hall–Kier alpha value is -3.25. The summed E-state index contributed by atoms with van der Waals surface area (Å²) in [4.78, 5) is 17.8. The van der Waals surface area contributed by atoms with Gasteiger partial charge in [0.25, 0.3) is 5.56 Å². The highest BCUT2D eigenvalue weighted by atomic mass is 32.1. The normalized spacial score (nSPS) is 12.2. The zero-order chi connectivity index (χ0) is 20.8. The number of ether oxygens (including phenoxy) is 1. The lowest BCUT2D eigenvalue weighted by molar-refractivity contribution is 0.306. The van der Waals surface area contributed by atoms with Crippen LogP contribution in [0.4, 0.5) is 0 Å². The molecule has 0 atom stereocenters. The minimum Gasteiger partial charge on any atom is -0.494 e. The molecular weight excluding hydrogens is 394 g/mol. The van der Waals surface area contributed by atoms with Crippen LogP contribution >= 0.6 is 11.3 Å². The van der Waals surface area contributed by atoms with Crippen LogP contribution in [0, 0.1) is 0 Å². The van der Waals surface area contributed by atoms with Gasteiger partial charge in [-0.15, -0.1) is 5.10 Å². The van der Waals surface area contributed by atoms with Crippen molar-refractivity contribution in [3.63, 3.8) is 0 Å². The van der Waals surface area contributed by atoms with Crippen molar-refractivity contribution in [3.8, 4) is 5.75 Å². The number of nitrogens with zero attached hydrogens (tertiary/aromatic N) is 3. The van der Waals surface area contributed by atoms with Gasteiger partial charge in [-0.2, -0.15) is 9.50 Å². The molecule has 0 N–H and O–H groups in total. The minimum absolute atomic E-state index is 0.156. The smallest absolute Gasteiger partial charge is 0.291 e. The molecule has 0 amide bonds. The Kier molecular flexibility index (Phi) is 6.35. The topological polar surface area (TPSA) is 56.5 Å². The molecule has 0 aliphatic carbocycles. The number of aromatic nitrogens is 3. The van der Waals surface area contributed by atoms with Gasteiger partial charge >= 0.3 is 0 Å². The number of benzene rings is 2. The number of fused-ring (bicyclic) bond motifs is 1. The van der Waals surface area contributed by atoms with E-state index in [-0.39, 0.29) is 5.56 Å². The summed E-state index contributed by atoms with van der Waals surface area (Å²) in [7, 11) is 0. The average Bonchev–Trinajstić information content (AvgIpc) is 3.30. The highest BCUT2D eigenvalue weighted by Crippen LogP contribution is 2.15. The van der Waals surface area contributed by atoms with E-state index in [0.29, 0.717) is 21.9 Å². The molecule has 5 nitrogen and oxygen atoms in total. The van der Waals surface area contributed by atoms with Gasteiger partial charge in [-0.05, 0) is 41.8 Å². The Bertz CT molecular complexity index is 1260. The molecule has 0 spiro atoms. The molecular formula is C24H23N3O2S. The molecule has 2 aromatic carbocycles. The SMILES string of the molecule is CCCCCOc1cccc(/C=c2\sc3nc(/C=C/c4ccccc4)nn3c2=O)c1. The summed E-state index contributed by atoms with van der Waals surface area (Å²) in [5.41, 5.74) is 1.83. The van der Waals surface area contributed by atoms with Crippen LogP contribution in [0.2, 0.25) is 0 Å². The molecule has 0 saturated heterocycles. The summed E-state index contributed by atoms with van der Waals surface area (Å²) in [5.74, 6) is 1.34. The van der Waals surface area contributed by atoms with Gasteiger partial charge in [0.05, 0.1) is 11.1 Å². The third-order valence-corrected chi connectivity index (χ3v) is 5.55. The molecule has 152 valence electrons. The fourth-order valence-corrected chi connectivity index (χ4v) is 3.96. The fraction of sp³-hybridized carbons (Fsp3) is 0.208. The van der Waals surface area contributed by atoms with Crippen molar-refractivity contribution in [2.75, 3.05) is 6.61 Å². The van der Waals surface area contributed by atoms with Crippen LogP contribution in [-0.2, 0) is 0 Å². The summed E-state index contributed by atoms with van der Waals surface area (Å²) in [6.45, 7) is 2.88. The van der Waals surface area contributed by atoms with Crippen molar-refractivity contribution in [1.29, 1.82) is 0 Å². The average molecular weight is 418 g/mol. The molecule has 0 fully saturated rings. The molecule has 0 aliphatic rings. The van der Waals surface area contributed by atoms with Crippen molar-refractivity contribution in [2.45, 2.75) is 26.2 Å². The summed E-state index contributed by atoms with van der Waals surface area (Å²) in [6.07, 6.45) is 8.99. The maximum atomic E-state index is 12.7. The number of rotatable bonds is 8. The Balaban J connectivity index is 1.54. The maximum Gasteiger partial charge on any atom is 0.291 e. The number of hydrogen-bond donors (Lipinski definition) is 0. The van der Waals surface area contributed by atoms with Gasteiger partial charge in [0.1, 0.15) is 5.75 Å². The summed E-state index contributed by atoms with van der Waals surface area (Å²) in [5, 5.41) is 4.34. The standard InChI is InChI=1S/C24H23N3O2S/c1-2-3-7-15-29-20-12-8-11-19(16-20)17-21-23(28)27-24(30-21)25-22(26-27)14-13-18-9-5-4-6-10-18/h4-6,8-14,16-17H,2-3,7,15H2,1H3/b14-13+,21-17-. The van der Waals surface area contributed by atoms with E-state index in [0.717, 1.165) is 29.7 Å². The van der Waals surface area contributed by atoms with Crippen LogP contribution in [0.1, 0.15) is 43.1 Å². The predicted molar refractivity (Wildman–Crippen MR) is 123 cm³/mol. The number of thiazole rings is 1. The van der Waals surface area contributed by atoms with Crippen LogP contribution in [-0.4, -0.2) is 21.2 Å². The zero-order valence-electron chi connectivity index (χ0n) is 16.8. The quantitative estimate of drug-likeness (QED) is 0.398. The maximum absolute atomic E-state index is 12.7. The molecule has 30 heavy (non-hydrogen) atoms. The molecule has 0 aliphatic heterocycles. The monoisotopic (exact) mass is 417 g/mol. The van der Waals surface area contributed by atoms with E-state index >= 15 is 0 Å². The second-order valence-electron chi connectivity index (χ2n) is 6.95. The zero-order valence-corrected chi connectivity index (χ0v) is 17.6. The van der Waals surface area contributed by atoms with E-state index in [9.17, 15) is 4.79 Å². The molecule has 2 heterocycles. The Morgan fingerprint density at radius 1 is 1.03 bits per heavy atom. The van der Waals surface area contributed by atoms with E-state index < -0.39 is 0 Å². The molecule has 6 heteroatoms. The van der Waals surface area contributed by atoms with Crippen molar-refractivity contribution in [2.24, 2.45) is 0 Å². The van der Waals surface area contributed by atoms with Crippen LogP contribution < -0.4 is 14.8 Å². The summed E-state index contributed by atoms with van der Waals surface area (Å²) < 4.78 is 7.78. The van der Waals surface area contributed by atoms with Crippen LogP contribution in [0.5, 0.6) is 5.75 Å². The lowest BCUT2D eigenvalue weighted by atomic mass is 10.2. The third-order valence-electron chi connectivity index (χ3n) is 4.60. The second-order valence-corrected chi connectivity index (χ2v) is 7.96. The van der Waals surface area contributed by atoms with Gasteiger partial charge in [0.15, 0.2) is 5.82 Å². The van der Waals surface area contributed by atoms with Crippen molar-refractivity contribution < 1.29 is 4.74 Å². The fourth-order valence-electron chi connectivity index (χ4n) is 3.04. The molecule has 4 aromatic rings. The molecule has 0 saturated carbocycles. The first kappa shape index (κ1) is 20.0. The van der Waals surface area contributed by atoms with Crippen LogP contribution in [0.15, 0.2) is 59.4 Å². The number of unbranched alkanes of at least 4 members (excludes halogenated alkanes) is 2. The second kappa shape index (κ2) is 9.50. The van der Waals surface area contributed by atoms with Crippen LogP contribution in [0.3, 0.4) is 0 Å². The largest absolute Gasteiger partial charge is 0.494 e. The van der Waals surface area contributed by atoms with Crippen molar-refractivity contribution in [3.05, 3.63) is 86.4 Å². The molecule has 0 bridgehead atoms. The highest BCUT2D eigenvalue weighted by Gasteiger charge is 2.09. The predicted octanol–water partition coefficient (Wildman–Crippen LogP) is 4.44. The van der Waals surface area contributed by atoms with E-state index in [1.807, 2.05) is 72.8 Å². The molecule has 4 rings (SSSR count). The van der Waals surface area contributed by atoms with E-state index in [2.05, 4.69) is 17.0 Å². The Labute approximate surface area is 179 Å². The van der Waals surface area contributed by atoms with Crippen LogP contribution in [0.25, 0.3) is 23.2 Å². The summed E-state index contributed by atoms with van der Waals surface area (Å²) >= 11 is 1.34. The molecule has 0 unspecified atom stereocenters. The first-order valence-electron chi connectivity index (χ1n) is 10.1. The summed E-state index contributed by atoms with van der Waals surface area (Å²) in [6, 6.07) is 17.7. The van der Waals surface area contributed by atoms with Gasteiger partial charge in [-0.1, -0.05) is 79.6 Å². The lowest BCUT2D eigenvalue weighted by Crippen LogP contribution is -2.23. The van der Waals surface area contributed by atoms with Gasteiger partial charge in [-0.25, -0.2) is 0 Å². The first-order valence-corrected chi connectivity index (χ1v) is 10.9. The van der Waals surface area contributed by atoms with Crippen molar-refractivity contribution >= 4 is 34.5 Å². The van der Waals surface area contributed by atoms with E-state index in [1.54, 1.807) is 0 Å². The highest BCUT2D eigenvalue weighted by molar-refractivity contribution is 7.15. The van der Waals surface area contributed by atoms with Gasteiger partial charge < -0.3 is 4.74 Å². The van der Waals surface area contributed by atoms with Gasteiger partial charge in [0.2, 0.25) is 4.96 Å². The van der Waals surface area contributed by atoms with Gasteiger partial charge in [0, 0.05) is 0 Å². The lowest BCUT2D eigenvalue weighted by Gasteiger charge is -2.06. The Morgan fingerprint density at radius 3 is 2.67 bits per heavy atom. The first-order chi connectivity index (χ1) is 14.7. The van der Waals surface area contributed by atoms with Crippen molar-refractivity contribution in [1.82, 2.24) is 14.6 Å². The Morgan fingerprint density at radius 2 is 1.87 bits per heavy atom. The molecule has 2 aromatic heterocycles. The van der Waals surface area contributed by atoms with E-state index in [4.69, 9.17) is 4.74 Å². The van der Waals surface area contributed by atoms with E-state index in [1.165, 1.54) is 22.3 Å².